The zero-order valence-electron chi connectivity index (χ0n) is 9.43. The first-order valence-electron chi connectivity index (χ1n) is 5.15. The molecule has 0 saturated carbocycles. The summed E-state index contributed by atoms with van der Waals surface area (Å²) in [6, 6.07) is 3.73. The molecule has 1 aromatic rings. The van der Waals surface area contributed by atoms with Crippen molar-refractivity contribution in [2.24, 2.45) is 0 Å². The molecule has 0 bridgehead atoms. The number of benzene rings is 1. The van der Waals surface area contributed by atoms with Crippen molar-refractivity contribution in [1.82, 2.24) is 4.90 Å². The number of hydrogen-bond donors (Lipinski definition) is 1. The smallest absolute Gasteiger partial charge is 0.326 e. The first kappa shape index (κ1) is 11.3. The highest BCUT2D eigenvalue weighted by Gasteiger charge is 2.40. The van der Waals surface area contributed by atoms with E-state index in [1.54, 1.807) is 25.1 Å². The molecule has 17 heavy (non-hydrogen) atoms. The Morgan fingerprint density at radius 2 is 1.82 bits per heavy atom. The Hall–Kier alpha value is -2.17. The van der Waals surface area contributed by atoms with Crippen LogP contribution < -0.4 is 0 Å². The predicted octanol–water partition coefficient (Wildman–Crippen LogP) is 1.06. The van der Waals surface area contributed by atoms with Crippen molar-refractivity contribution < 1.29 is 19.5 Å². The Bertz CT molecular complexity index is 535. The second kappa shape index (κ2) is 3.69. The average molecular weight is 233 g/mol. The molecule has 5 nitrogen and oxygen atoms in total. The summed E-state index contributed by atoms with van der Waals surface area (Å²) in [6.45, 7) is 3.12. The molecule has 1 unspecified atom stereocenters. The highest BCUT2D eigenvalue weighted by Crippen LogP contribution is 2.25. The fraction of sp³-hybridized carbons (Fsp3) is 0.250. The minimum Gasteiger partial charge on any atom is -0.480 e. The van der Waals surface area contributed by atoms with Gasteiger partial charge in [0, 0.05) is 0 Å². The maximum atomic E-state index is 11.9. The fourth-order valence-corrected chi connectivity index (χ4v) is 1.84. The molecule has 2 amide bonds. The van der Waals surface area contributed by atoms with E-state index in [9.17, 15) is 14.4 Å². The van der Waals surface area contributed by atoms with Gasteiger partial charge in [-0.3, -0.25) is 14.5 Å². The van der Waals surface area contributed by atoms with Crippen LogP contribution in [-0.4, -0.2) is 33.8 Å². The topological polar surface area (TPSA) is 74.7 Å². The number of carbonyl (C=O) groups is 3. The number of imide groups is 1. The molecular formula is C12H11NO4. The minimum absolute atomic E-state index is 0.272. The van der Waals surface area contributed by atoms with Crippen molar-refractivity contribution >= 4 is 17.8 Å². The monoisotopic (exact) mass is 233 g/mol. The molecule has 1 atom stereocenters. The molecule has 0 aromatic heterocycles. The lowest BCUT2D eigenvalue weighted by molar-refractivity contribution is -0.140. The van der Waals surface area contributed by atoms with Gasteiger partial charge in [0.1, 0.15) is 6.04 Å². The summed E-state index contributed by atoms with van der Waals surface area (Å²) in [7, 11) is 0. The van der Waals surface area contributed by atoms with Crippen molar-refractivity contribution in [3.63, 3.8) is 0 Å². The molecule has 0 fully saturated rings. The van der Waals surface area contributed by atoms with E-state index in [1.165, 1.54) is 6.92 Å². The number of nitrogens with zero attached hydrogens (tertiary/aromatic N) is 1. The maximum Gasteiger partial charge on any atom is 0.326 e. The van der Waals surface area contributed by atoms with Gasteiger partial charge in [-0.15, -0.1) is 0 Å². The van der Waals surface area contributed by atoms with Crippen LogP contribution in [0.2, 0.25) is 0 Å². The molecule has 1 heterocycles. The summed E-state index contributed by atoms with van der Waals surface area (Å²) in [5, 5.41) is 8.87. The van der Waals surface area contributed by atoms with Crippen molar-refractivity contribution in [2.45, 2.75) is 19.9 Å². The highest BCUT2D eigenvalue weighted by molar-refractivity contribution is 6.22. The number of aryl methyl sites for hydroxylation is 1. The summed E-state index contributed by atoms with van der Waals surface area (Å²) < 4.78 is 0. The Kier molecular flexibility index (Phi) is 2.46. The van der Waals surface area contributed by atoms with Gasteiger partial charge in [0.15, 0.2) is 0 Å². The first-order valence-corrected chi connectivity index (χ1v) is 5.15. The molecule has 0 aliphatic carbocycles. The molecule has 1 aromatic carbocycles. The molecule has 88 valence electrons. The van der Waals surface area contributed by atoms with Gasteiger partial charge in [-0.05, 0) is 26.0 Å². The van der Waals surface area contributed by atoms with Gasteiger partial charge in [-0.25, -0.2) is 4.79 Å². The van der Waals surface area contributed by atoms with E-state index in [2.05, 4.69) is 0 Å². The van der Waals surface area contributed by atoms with Crippen LogP contribution in [0.3, 0.4) is 0 Å². The Labute approximate surface area is 97.7 Å². The van der Waals surface area contributed by atoms with Crippen LogP contribution in [0, 0.1) is 6.92 Å². The third-order valence-electron chi connectivity index (χ3n) is 2.82. The van der Waals surface area contributed by atoms with Gasteiger partial charge in [0.05, 0.1) is 11.1 Å². The zero-order valence-corrected chi connectivity index (χ0v) is 9.43. The number of hydrogen-bond acceptors (Lipinski definition) is 3. The number of carbonyl (C=O) groups excluding carboxylic acids is 2. The van der Waals surface area contributed by atoms with Crippen molar-refractivity contribution in [1.29, 1.82) is 0 Å². The van der Waals surface area contributed by atoms with Crippen LogP contribution in [0.25, 0.3) is 0 Å². The van der Waals surface area contributed by atoms with Gasteiger partial charge in [-0.1, -0.05) is 11.6 Å². The lowest BCUT2D eigenvalue weighted by atomic mass is 10.1. The maximum absolute atomic E-state index is 11.9. The first-order chi connectivity index (χ1) is 7.93. The lowest BCUT2D eigenvalue weighted by Gasteiger charge is -2.17. The summed E-state index contributed by atoms with van der Waals surface area (Å²) in [4.78, 5) is 35.5. The summed E-state index contributed by atoms with van der Waals surface area (Å²) >= 11 is 0. The van der Waals surface area contributed by atoms with Crippen LogP contribution >= 0.6 is 0 Å². The number of aliphatic carboxylic acids is 1. The molecule has 0 saturated heterocycles. The van der Waals surface area contributed by atoms with Crippen LogP contribution in [0.15, 0.2) is 18.2 Å². The quantitative estimate of drug-likeness (QED) is 0.775. The molecular weight excluding hydrogens is 222 g/mol. The SMILES string of the molecule is Cc1ccc2c(c1)C(=O)N(C(C)C(=O)O)C2=O. The van der Waals surface area contributed by atoms with Crippen LogP contribution in [-0.2, 0) is 4.79 Å². The van der Waals surface area contributed by atoms with Crippen LogP contribution in [0.1, 0.15) is 33.2 Å². The number of carboxylic acids is 1. The van der Waals surface area contributed by atoms with E-state index < -0.39 is 23.8 Å². The third kappa shape index (κ3) is 1.60. The average Bonchev–Trinajstić information content (AvgIpc) is 2.50. The largest absolute Gasteiger partial charge is 0.480 e. The second-order valence-electron chi connectivity index (χ2n) is 4.04. The predicted molar refractivity (Wildman–Crippen MR) is 58.8 cm³/mol. The Balaban J connectivity index is 2.49. The van der Waals surface area contributed by atoms with Gasteiger partial charge >= 0.3 is 5.97 Å². The van der Waals surface area contributed by atoms with Gasteiger partial charge in [-0.2, -0.15) is 0 Å². The van der Waals surface area contributed by atoms with Crippen LogP contribution in [0.5, 0.6) is 0 Å². The molecule has 5 heteroatoms. The summed E-state index contributed by atoms with van der Waals surface area (Å²) in [5.74, 6) is -2.28. The Morgan fingerprint density at radius 3 is 2.41 bits per heavy atom. The van der Waals surface area contributed by atoms with E-state index in [4.69, 9.17) is 5.11 Å². The standard InChI is InChI=1S/C12H11NO4/c1-6-3-4-8-9(5-6)11(15)13(10(8)14)7(2)12(16)17/h3-5,7H,1-2H3,(H,16,17). The number of fused-ring (bicyclic) bond motifs is 1. The normalized spacial score (nSPS) is 16.0. The van der Waals surface area contributed by atoms with Crippen molar-refractivity contribution in [3.05, 3.63) is 34.9 Å². The van der Waals surface area contributed by atoms with Crippen molar-refractivity contribution in [2.75, 3.05) is 0 Å². The second-order valence-corrected chi connectivity index (χ2v) is 4.04. The zero-order chi connectivity index (χ0) is 12.7. The van der Waals surface area contributed by atoms with Crippen molar-refractivity contribution in [3.8, 4) is 0 Å². The fourth-order valence-electron chi connectivity index (χ4n) is 1.84. The van der Waals surface area contributed by atoms with E-state index in [1.807, 2.05) is 0 Å². The van der Waals surface area contributed by atoms with E-state index in [0.29, 0.717) is 0 Å². The summed E-state index contributed by atoms with van der Waals surface area (Å²) in [5.41, 5.74) is 1.41. The van der Waals surface area contributed by atoms with E-state index >= 15 is 0 Å². The highest BCUT2D eigenvalue weighted by atomic mass is 16.4. The number of rotatable bonds is 2. The lowest BCUT2D eigenvalue weighted by Crippen LogP contribution is -2.42. The van der Waals surface area contributed by atoms with Crippen LogP contribution in [0.4, 0.5) is 0 Å². The van der Waals surface area contributed by atoms with Gasteiger partial charge in [0.25, 0.3) is 11.8 Å². The van der Waals surface area contributed by atoms with E-state index in [-0.39, 0.29) is 11.1 Å². The number of amides is 2. The third-order valence-corrected chi connectivity index (χ3v) is 2.82. The molecule has 1 aliphatic heterocycles. The molecule has 0 radical (unpaired) electrons. The summed E-state index contributed by atoms with van der Waals surface area (Å²) in [6.07, 6.45) is 0. The van der Waals surface area contributed by atoms with Gasteiger partial charge in [0.2, 0.25) is 0 Å². The molecule has 1 aliphatic rings. The number of carboxylic acid groups (broad SMARTS) is 1. The molecule has 2 rings (SSSR count). The molecule has 1 N–H and O–H groups in total. The van der Waals surface area contributed by atoms with E-state index in [0.717, 1.165) is 10.5 Å². The van der Waals surface area contributed by atoms with Gasteiger partial charge < -0.3 is 5.11 Å². The Morgan fingerprint density at radius 1 is 1.24 bits per heavy atom. The minimum atomic E-state index is -1.20. The molecule has 0 spiro atoms.